The van der Waals surface area contributed by atoms with Crippen molar-refractivity contribution < 1.29 is 28.8 Å². The highest BCUT2D eigenvalue weighted by molar-refractivity contribution is 6.32. The van der Waals surface area contributed by atoms with Crippen molar-refractivity contribution in [3.8, 4) is 11.5 Å². The van der Waals surface area contributed by atoms with Gasteiger partial charge in [-0.1, -0.05) is 29.8 Å². The van der Waals surface area contributed by atoms with Gasteiger partial charge in [0.05, 0.1) is 25.7 Å². The van der Waals surface area contributed by atoms with E-state index in [0.717, 1.165) is 22.6 Å². The van der Waals surface area contributed by atoms with Crippen molar-refractivity contribution in [3.63, 3.8) is 0 Å². The number of hydrogen-bond acceptors (Lipinski definition) is 8. The second-order valence-electron chi connectivity index (χ2n) is 5.96. The second-order valence-corrected chi connectivity index (χ2v) is 6.37. The number of allylic oxidation sites excluding steroid dienone is 1. The fourth-order valence-corrected chi connectivity index (χ4v) is 2.52. The van der Waals surface area contributed by atoms with E-state index in [1.54, 1.807) is 45.6 Å². The smallest absolute Gasteiger partial charge is 0.288 e. The van der Waals surface area contributed by atoms with Gasteiger partial charge in [0.15, 0.2) is 0 Å². The summed E-state index contributed by atoms with van der Waals surface area (Å²) in [6.07, 6.45) is 3.59. The predicted octanol–water partition coefficient (Wildman–Crippen LogP) is 4.77. The molecule has 10 heteroatoms. The molecule has 32 heavy (non-hydrogen) atoms. The van der Waals surface area contributed by atoms with Gasteiger partial charge in [0.25, 0.3) is 5.69 Å². The summed E-state index contributed by atoms with van der Waals surface area (Å²) in [6.45, 7) is 4.69. The van der Waals surface area contributed by atoms with Gasteiger partial charge in [-0.05, 0) is 30.7 Å². The van der Waals surface area contributed by atoms with Crippen LogP contribution in [-0.4, -0.2) is 51.9 Å². The van der Waals surface area contributed by atoms with Crippen LogP contribution in [0.4, 0.5) is 5.69 Å². The number of hydroxylamine groups is 2. The zero-order chi connectivity index (χ0) is 24.5. The summed E-state index contributed by atoms with van der Waals surface area (Å²) in [5, 5.41) is 12.3. The Morgan fingerprint density at radius 1 is 1.12 bits per heavy atom. The molecule has 0 heterocycles. The lowest BCUT2D eigenvalue weighted by molar-refractivity contribution is -0.384. The van der Waals surface area contributed by atoms with Crippen LogP contribution >= 0.6 is 11.6 Å². The fraction of sp³-hybridized carbons (Fsp3) is 0.318. The second kappa shape index (κ2) is 16.7. The normalized spacial score (nSPS) is 10.1. The van der Waals surface area contributed by atoms with E-state index < -0.39 is 4.92 Å². The van der Waals surface area contributed by atoms with Crippen LogP contribution in [0.25, 0.3) is 6.08 Å². The summed E-state index contributed by atoms with van der Waals surface area (Å²) in [6, 6.07) is 10.3. The van der Waals surface area contributed by atoms with E-state index in [1.165, 1.54) is 12.1 Å². The fourth-order valence-electron chi connectivity index (χ4n) is 2.34. The van der Waals surface area contributed by atoms with E-state index in [9.17, 15) is 10.1 Å². The van der Waals surface area contributed by atoms with Crippen molar-refractivity contribution in [2.75, 3.05) is 35.1 Å². The minimum Gasteiger partial charge on any atom is -0.497 e. The molecule has 0 unspecified atom stereocenters. The molecule has 0 aromatic heterocycles. The molecule has 2 aromatic carbocycles. The van der Waals surface area contributed by atoms with Gasteiger partial charge in [-0.3, -0.25) is 15.0 Å². The number of methoxy groups -OCH3 is 3. The van der Waals surface area contributed by atoms with Crippen molar-refractivity contribution in [1.82, 2.24) is 5.06 Å². The van der Waals surface area contributed by atoms with Gasteiger partial charge in [-0.2, -0.15) is 5.06 Å². The van der Waals surface area contributed by atoms with E-state index in [0.29, 0.717) is 13.3 Å². The molecule has 2 aromatic rings. The maximum Gasteiger partial charge on any atom is 0.288 e. The van der Waals surface area contributed by atoms with Crippen LogP contribution in [0.15, 0.2) is 42.5 Å². The SMILES string of the molecule is C/C=C/c1ccc(Cl)c([N+](=O)[O-])c1.C=O.COCN(C)OCc1ccc(OC)cc1OC. The topological polar surface area (TPSA) is 100 Å². The van der Waals surface area contributed by atoms with Crippen LogP contribution in [0.5, 0.6) is 11.5 Å². The van der Waals surface area contributed by atoms with Crippen LogP contribution in [0.2, 0.25) is 5.02 Å². The highest BCUT2D eigenvalue weighted by Gasteiger charge is 2.11. The number of carbonyl (C=O) groups excluding carboxylic acids is 1. The zero-order valence-corrected chi connectivity index (χ0v) is 19.6. The number of rotatable bonds is 9. The number of hydrogen-bond donors (Lipinski definition) is 0. The third kappa shape index (κ3) is 10.4. The van der Waals surface area contributed by atoms with E-state index >= 15 is 0 Å². The van der Waals surface area contributed by atoms with Crippen LogP contribution in [-0.2, 0) is 21.0 Å². The Morgan fingerprint density at radius 2 is 1.81 bits per heavy atom. The first-order valence-corrected chi connectivity index (χ1v) is 9.63. The summed E-state index contributed by atoms with van der Waals surface area (Å²) in [7, 11) is 6.67. The molecule has 0 saturated heterocycles. The molecule has 0 bridgehead atoms. The maximum atomic E-state index is 10.5. The highest BCUT2D eigenvalue weighted by Crippen LogP contribution is 2.26. The Kier molecular flexibility index (Phi) is 15.1. The Hall–Kier alpha value is -2.98. The van der Waals surface area contributed by atoms with E-state index in [2.05, 4.69) is 0 Å². The molecule has 9 nitrogen and oxygen atoms in total. The first-order chi connectivity index (χ1) is 15.4. The van der Waals surface area contributed by atoms with Crippen molar-refractivity contribution >= 4 is 30.2 Å². The molecule has 0 radical (unpaired) electrons. The molecule has 2 rings (SSSR count). The molecular formula is C22H29ClN2O7. The van der Waals surface area contributed by atoms with Crippen LogP contribution < -0.4 is 9.47 Å². The van der Waals surface area contributed by atoms with Crippen LogP contribution in [0.1, 0.15) is 18.1 Å². The summed E-state index contributed by atoms with van der Waals surface area (Å²) < 4.78 is 15.3. The number of nitro groups is 1. The van der Waals surface area contributed by atoms with Crippen molar-refractivity contribution in [1.29, 1.82) is 0 Å². The van der Waals surface area contributed by atoms with E-state index in [1.807, 2.05) is 38.0 Å². The average Bonchev–Trinajstić information content (AvgIpc) is 2.80. The molecular weight excluding hydrogens is 440 g/mol. The van der Waals surface area contributed by atoms with Gasteiger partial charge in [0.2, 0.25) is 0 Å². The molecule has 0 saturated carbocycles. The number of halogens is 1. The summed E-state index contributed by atoms with van der Waals surface area (Å²) in [4.78, 5) is 23.5. The lowest BCUT2D eigenvalue weighted by Crippen LogP contribution is -2.21. The maximum absolute atomic E-state index is 10.5. The summed E-state index contributed by atoms with van der Waals surface area (Å²) in [5.74, 6) is 1.51. The molecule has 0 atom stereocenters. The van der Waals surface area contributed by atoms with Crippen molar-refractivity contribution in [2.24, 2.45) is 0 Å². The molecule has 0 N–H and O–H groups in total. The number of carbonyl (C=O) groups is 1. The molecule has 0 fully saturated rings. The molecule has 0 aliphatic rings. The highest BCUT2D eigenvalue weighted by atomic mass is 35.5. The third-order valence-electron chi connectivity index (χ3n) is 3.77. The minimum absolute atomic E-state index is 0.0581. The number of ether oxygens (including phenoxy) is 3. The van der Waals surface area contributed by atoms with E-state index in [4.69, 9.17) is 35.4 Å². The van der Waals surface area contributed by atoms with Gasteiger partial charge < -0.3 is 19.0 Å². The van der Waals surface area contributed by atoms with Crippen LogP contribution in [0, 0.1) is 10.1 Å². The molecule has 0 spiro atoms. The van der Waals surface area contributed by atoms with Gasteiger partial charge in [-0.15, -0.1) is 0 Å². The van der Waals surface area contributed by atoms with E-state index in [-0.39, 0.29) is 10.7 Å². The number of benzene rings is 2. The first-order valence-electron chi connectivity index (χ1n) is 9.25. The van der Waals surface area contributed by atoms with Crippen molar-refractivity contribution in [2.45, 2.75) is 13.5 Å². The Labute approximate surface area is 193 Å². The van der Waals surface area contributed by atoms with Crippen LogP contribution in [0.3, 0.4) is 0 Å². The lowest BCUT2D eigenvalue weighted by atomic mass is 10.2. The molecule has 0 aliphatic heterocycles. The van der Waals surface area contributed by atoms with Gasteiger partial charge in [-0.25, -0.2) is 0 Å². The summed E-state index contributed by atoms with van der Waals surface area (Å²) >= 11 is 5.63. The van der Waals surface area contributed by atoms with Gasteiger partial charge >= 0.3 is 0 Å². The summed E-state index contributed by atoms with van der Waals surface area (Å²) in [5.41, 5.74) is 1.67. The zero-order valence-electron chi connectivity index (χ0n) is 18.9. The predicted molar refractivity (Wildman–Crippen MR) is 124 cm³/mol. The largest absolute Gasteiger partial charge is 0.497 e. The number of nitro benzene ring substituents is 1. The standard InChI is InChI=1S/C12H19NO4.C9H8ClNO2.CH2O/c1-13(9-14-2)17-8-10-5-6-11(15-3)7-12(10)16-4;1-2-3-7-4-5-8(10)9(6-7)11(12)13;1-2/h5-7H,8-9H2,1-4H3;2-6H,1H3;1H2/b;3-2+;. The lowest BCUT2D eigenvalue weighted by Gasteiger charge is -2.16. The Balaban J connectivity index is 0.000000574. The van der Waals surface area contributed by atoms with Gasteiger partial charge in [0, 0.05) is 31.9 Å². The quantitative estimate of drug-likeness (QED) is 0.295. The molecule has 176 valence electrons. The Morgan fingerprint density at radius 3 is 2.34 bits per heavy atom. The number of nitrogens with zero attached hydrogens (tertiary/aromatic N) is 2. The minimum atomic E-state index is -0.491. The average molecular weight is 469 g/mol. The molecule has 0 amide bonds. The van der Waals surface area contributed by atoms with Crippen molar-refractivity contribution in [3.05, 3.63) is 68.7 Å². The third-order valence-corrected chi connectivity index (χ3v) is 4.09. The molecule has 0 aliphatic carbocycles. The first kappa shape index (κ1) is 29.0. The van der Waals surface area contributed by atoms with Gasteiger partial charge in [0.1, 0.15) is 30.0 Å². The Bertz CT molecular complexity index is 862. The monoisotopic (exact) mass is 468 g/mol.